The van der Waals surface area contributed by atoms with Crippen LogP contribution in [0.4, 0.5) is 0 Å². The van der Waals surface area contributed by atoms with Crippen LogP contribution in [-0.4, -0.2) is 25.7 Å². The van der Waals surface area contributed by atoms with Crippen molar-refractivity contribution in [2.24, 2.45) is 4.99 Å². The molecule has 0 unspecified atom stereocenters. The van der Waals surface area contributed by atoms with Gasteiger partial charge in [0.2, 0.25) is 0 Å². The van der Waals surface area contributed by atoms with Gasteiger partial charge in [-0.05, 0) is 42.7 Å². The van der Waals surface area contributed by atoms with E-state index in [9.17, 15) is 0 Å². The van der Waals surface area contributed by atoms with Crippen molar-refractivity contribution in [3.8, 4) is 5.75 Å². The van der Waals surface area contributed by atoms with Crippen LogP contribution in [0.3, 0.4) is 0 Å². The lowest BCUT2D eigenvalue weighted by Gasteiger charge is -2.17. The van der Waals surface area contributed by atoms with Gasteiger partial charge in [0.1, 0.15) is 11.5 Å². The number of aliphatic imine (C=N–C) groups is 1. The lowest BCUT2D eigenvalue weighted by atomic mass is 10.2. The molecule has 2 N–H and O–H groups in total. The fourth-order valence-electron chi connectivity index (χ4n) is 2.74. The van der Waals surface area contributed by atoms with E-state index in [-0.39, 0.29) is 0 Å². The Morgan fingerprint density at radius 1 is 1.20 bits per heavy atom. The molecule has 3 rings (SSSR count). The van der Waals surface area contributed by atoms with E-state index in [1.54, 1.807) is 13.4 Å². The summed E-state index contributed by atoms with van der Waals surface area (Å²) in [7, 11) is 1.67. The molecule has 0 saturated carbocycles. The van der Waals surface area contributed by atoms with Gasteiger partial charge in [-0.25, -0.2) is 4.99 Å². The van der Waals surface area contributed by atoms with Gasteiger partial charge in [-0.3, -0.25) is 0 Å². The van der Waals surface area contributed by atoms with E-state index in [2.05, 4.69) is 22.8 Å². The molecule has 132 valence electrons. The maximum atomic E-state index is 5.38. The number of methoxy groups -OCH3 is 1. The Kier molecular flexibility index (Phi) is 6.15. The number of hydrogen-bond donors (Lipinski definition) is 2. The van der Waals surface area contributed by atoms with Crippen molar-refractivity contribution in [1.82, 2.24) is 10.6 Å². The first-order valence-corrected chi connectivity index (χ1v) is 8.68. The van der Waals surface area contributed by atoms with Gasteiger partial charge < -0.3 is 19.8 Å². The van der Waals surface area contributed by atoms with Crippen LogP contribution in [0.2, 0.25) is 0 Å². The van der Waals surface area contributed by atoms with Crippen molar-refractivity contribution in [2.45, 2.75) is 31.8 Å². The van der Waals surface area contributed by atoms with Crippen molar-refractivity contribution in [3.63, 3.8) is 0 Å². The molecule has 25 heavy (non-hydrogen) atoms. The number of benzene rings is 1. The third kappa shape index (κ3) is 5.41. The number of rotatable bonds is 7. The first-order chi connectivity index (χ1) is 12.3. The lowest BCUT2D eigenvalue weighted by Crippen LogP contribution is -2.43. The maximum Gasteiger partial charge on any atom is 0.191 e. The van der Waals surface area contributed by atoms with Crippen LogP contribution in [0.5, 0.6) is 5.75 Å². The van der Waals surface area contributed by atoms with Crippen LogP contribution in [-0.2, 0) is 13.0 Å². The minimum Gasteiger partial charge on any atom is -0.497 e. The van der Waals surface area contributed by atoms with E-state index >= 15 is 0 Å². The van der Waals surface area contributed by atoms with Gasteiger partial charge >= 0.3 is 0 Å². The summed E-state index contributed by atoms with van der Waals surface area (Å²) in [6.45, 7) is 1.41. The SMILES string of the molecule is COc1ccc(CN=C(NCCc2ccco2)NC2CC=CC2)cc1. The fourth-order valence-corrected chi connectivity index (χ4v) is 2.74. The highest BCUT2D eigenvalue weighted by Gasteiger charge is 2.12. The molecular formula is C20H25N3O2. The van der Waals surface area contributed by atoms with Crippen LogP contribution in [0.15, 0.2) is 64.2 Å². The largest absolute Gasteiger partial charge is 0.497 e. The number of furan rings is 1. The molecule has 2 aromatic rings. The van der Waals surface area contributed by atoms with Crippen LogP contribution in [0.25, 0.3) is 0 Å². The van der Waals surface area contributed by atoms with Gasteiger partial charge in [-0.1, -0.05) is 24.3 Å². The second-order valence-electron chi connectivity index (χ2n) is 6.05. The molecule has 5 nitrogen and oxygen atoms in total. The van der Waals surface area contributed by atoms with Gasteiger partial charge in [-0.15, -0.1) is 0 Å². The molecule has 0 radical (unpaired) electrons. The van der Waals surface area contributed by atoms with E-state index in [1.807, 2.05) is 36.4 Å². The molecule has 0 atom stereocenters. The van der Waals surface area contributed by atoms with Crippen LogP contribution < -0.4 is 15.4 Å². The number of guanidine groups is 1. The van der Waals surface area contributed by atoms with Crippen LogP contribution in [0, 0.1) is 0 Å². The Morgan fingerprint density at radius 2 is 2.00 bits per heavy atom. The summed E-state index contributed by atoms with van der Waals surface area (Å²) in [6.07, 6.45) is 9.04. The zero-order valence-corrected chi connectivity index (χ0v) is 14.6. The molecule has 5 heteroatoms. The van der Waals surface area contributed by atoms with E-state index < -0.39 is 0 Å². The average molecular weight is 339 g/mol. The first kappa shape index (κ1) is 17.1. The van der Waals surface area contributed by atoms with Crippen molar-refractivity contribution in [1.29, 1.82) is 0 Å². The number of nitrogens with zero attached hydrogens (tertiary/aromatic N) is 1. The van der Waals surface area contributed by atoms with Crippen molar-refractivity contribution >= 4 is 5.96 Å². The van der Waals surface area contributed by atoms with E-state index in [0.29, 0.717) is 12.6 Å². The van der Waals surface area contributed by atoms with E-state index in [4.69, 9.17) is 14.1 Å². The second kappa shape index (κ2) is 8.97. The Morgan fingerprint density at radius 3 is 2.68 bits per heavy atom. The summed E-state index contributed by atoms with van der Waals surface area (Å²) in [4.78, 5) is 4.73. The number of nitrogens with one attached hydrogen (secondary N) is 2. The topological polar surface area (TPSA) is 58.8 Å². The highest BCUT2D eigenvalue weighted by molar-refractivity contribution is 5.80. The third-order valence-electron chi connectivity index (χ3n) is 4.17. The summed E-state index contributed by atoms with van der Waals surface area (Å²) >= 11 is 0. The zero-order valence-electron chi connectivity index (χ0n) is 14.6. The van der Waals surface area contributed by atoms with Crippen molar-refractivity contribution in [3.05, 3.63) is 66.1 Å². The third-order valence-corrected chi connectivity index (χ3v) is 4.17. The molecule has 0 saturated heterocycles. The van der Waals surface area contributed by atoms with Crippen LogP contribution >= 0.6 is 0 Å². The molecule has 1 heterocycles. The summed E-state index contributed by atoms with van der Waals surface area (Å²) in [6, 6.07) is 12.3. The molecule has 1 aromatic heterocycles. The smallest absolute Gasteiger partial charge is 0.191 e. The minimum absolute atomic E-state index is 0.422. The van der Waals surface area contributed by atoms with Gasteiger partial charge in [0.15, 0.2) is 5.96 Å². The normalized spacial score (nSPS) is 14.7. The van der Waals surface area contributed by atoms with E-state index in [1.165, 1.54) is 0 Å². The summed E-state index contributed by atoms with van der Waals surface area (Å²) in [5.41, 5.74) is 1.15. The predicted molar refractivity (Wildman–Crippen MR) is 99.8 cm³/mol. The Hall–Kier alpha value is -2.69. The van der Waals surface area contributed by atoms with Gasteiger partial charge in [0, 0.05) is 19.0 Å². The molecule has 0 aliphatic heterocycles. The summed E-state index contributed by atoms with van der Waals surface area (Å²) < 4.78 is 10.6. The highest BCUT2D eigenvalue weighted by Crippen LogP contribution is 2.12. The zero-order chi connectivity index (χ0) is 17.3. The summed E-state index contributed by atoms with van der Waals surface area (Å²) in [5, 5.41) is 6.91. The molecule has 0 spiro atoms. The van der Waals surface area contributed by atoms with Crippen molar-refractivity contribution in [2.75, 3.05) is 13.7 Å². The predicted octanol–water partition coefficient (Wildman–Crippen LogP) is 3.28. The quantitative estimate of drug-likeness (QED) is 0.462. The van der Waals surface area contributed by atoms with Gasteiger partial charge in [0.25, 0.3) is 0 Å². The maximum absolute atomic E-state index is 5.38. The fraction of sp³-hybridized carbons (Fsp3) is 0.350. The Labute approximate surface area is 148 Å². The molecule has 0 fully saturated rings. The standard InChI is InChI=1S/C20H25N3O2/c1-24-18-10-8-16(9-11-18)15-22-20(23-17-5-2-3-6-17)21-13-12-19-7-4-14-25-19/h2-4,7-11,14,17H,5-6,12-13,15H2,1H3,(H2,21,22,23). The lowest BCUT2D eigenvalue weighted by molar-refractivity contribution is 0.414. The van der Waals surface area contributed by atoms with Crippen LogP contribution in [0.1, 0.15) is 24.2 Å². The monoisotopic (exact) mass is 339 g/mol. The Balaban J connectivity index is 1.57. The molecule has 0 bridgehead atoms. The van der Waals surface area contributed by atoms with Gasteiger partial charge in [-0.2, -0.15) is 0 Å². The first-order valence-electron chi connectivity index (χ1n) is 8.68. The van der Waals surface area contributed by atoms with Crippen molar-refractivity contribution < 1.29 is 9.15 Å². The molecule has 1 aromatic carbocycles. The second-order valence-corrected chi connectivity index (χ2v) is 6.05. The molecule has 1 aliphatic rings. The molecule has 0 amide bonds. The van der Waals surface area contributed by atoms with E-state index in [0.717, 1.165) is 48.8 Å². The molecule has 1 aliphatic carbocycles. The minimum atomic E-state index is 0.422. The number of ether oxygens (including phenoxy) is 1. The number of hydrogen-bond acceptors (Lipinski definition) is 3. The highest BCUT2D eigenvalue weighted by atomic mass is 16.5. The average Bonchev–Trinajstić information content (AvgIpc) is 3.34. The Bertz CT molecular complexity index is 682. The van der Waals surface area contributed by atoms with Gasteiger partial charge in [0.05, 0.1) is 19.9 Å². The summed E-state index contributed by atoms with van der Waals surface area (Å²) in [5.74, 6) is 2.68. The molecular weight excluding hydrogens is 314 g/mol.